The number of nitrogens with zero attached hydrogens (tertiary/aromatic N) is 1. The molecule has 2 nitrogen and oxygen atoms in total. The lowest BCUT2D eigenvalue weighted by Gasteiger charge is -2.34. The van der Waals surface area contributed by atoms with Gasteiger partial charge in [0.2, 0.25) is 0 Å². The maximum absolute atomic E-state index is 3.59. The minimum atomic E-state index is 0.803. The molecule has 3 fully saturated rings. The zero-order valence-electron chi connectivity index (χ0n) is 10.7. The summed E-state index contributed by atoms with van der Waals surface area (Å²) in [5.41, 5.74) is 0.811. The lowest BCUT2D eigenvalue weighted by Crippen LogP contribution is -2.44. The van der Waals surface area contributed by atoms with Gasteiger partial charge in [-0.15, -0.1) is 0 Å². The molecule has 92 valence electrons. The van der Waals surface area contributed by atoms with E-state index in [4.69, 9.17) is 0 Å². The van der Waals surface area contributed by atoms with Crippen molar-refractivity contribution in [3.63, 3.8) is 0 Å². The summed E-state index contributed by atoms with van der Waals surface area (Å²) in [5, 5.41) is 3.59. The lowest BCUT2D eigenvalue weighted by molar-refractivity contribution is 0.156. The summed E-state index contributed by atoms with van der Waals surface area (Å²) >= 11 is 0. The molecule has 1 aliphatic heterocycles. The normalized spacial score (nSPS) is 30.6. The summed E-state index contributed by atoms with van der Waals surface area (Å²) in [4.78, 5) is 2.75. The molecule has 0 spiro atoms. The molecule has 0 bridgehead atoms. The molecule has 0 amide bonds. The van der Waals surface area contributed by atoms with E-state index in [0.717, 1.165) is 23.9 Å². The van der Waals surface area contributed by atoms with Gasteiger partial charge in [0, 0.05) is 12.6 Å². The Kier molecular flexibility index (Phi) is 2.97. The monoisotopic (exact) mass is 222 g/mol. The predicted octanol–water partition coefficient (Wildman–Crippen LogP) is 2.25. The van der Waals surface area contributed by atoms with E-state index in [9.17, 15) is 0 Å². The second-order valence-electron chi connectivity index (χ2n) is 6.24. The Balaban J connectivity index is 1.44. The molecular formula is C14H26N2. The van der Waals surface area contributed by atoms with Crippen molar-refractivity contribution in [1.82, 2.24) is 10.2 Å². The molecule has 16 heavy (non-hydrogen) atoms. The number of likely N-dealkylation sites (tertiary alicyclic amines) is 1. The Morgan fingerprint density at radius 3 is 2.31 bits per heavy atom. The first-order valence-electron chi connectivity index (χ1n) is 7.28. The van der Waals surface area contributed by atoms with Gasteiger partial charge >= 0.3 is 0 Å². The average molecular weight is 222 g/mol. The van der Waals surface area contributed by atoms with Crippen LogP contribution in [0.1, 0.15) is 45.4 Å². The van der Waals surface area contributed by atoms with Crippen molar-refractivity contribution in [3.8, 4) is 0 Å². The second kappa shape index (κ2) is 4.30. The third-order valence-electron chi connectivity index (χ3n) is 4.95. The molecule has 3 aliphatic rings. The van der Waals surface area contributed by atoms with E-state index in [-0.39, 0.29) is 0 Å². The van der Waals surface area contributed by atoms with E-state index < -0.39 is 0 Å². The van der Waals surface area contributed by atoms with Gasteiger partial charge in [-0.25, -0.2) is 0 Å². The molecule has 0 aromatic carbocycles. The summed E-state index contributed by atoms with van der Waals surface area (Å²) in [6.45, 7) is 7.46. The lowest BCUT2D eigenvalue weighted by atomic mass is 9.97. The third-order valence-corrected chi connectivity index (χ3v) is 4.95. The van der Waals surface area contributed by atoms with Crippen LogP contribution in [0.4, 0.5) is 0 Å². The van der Waals surface area contributed by atoms with Crippen LogP contribution in [0.5, 0.6) is 0 Å². The van der Waals surface area contributed by atoms with E-state index in [1.54, 1.807) is 0 Å². The molecule has 2 saturated carbocycles. The molecule has 1 saturated heterocycles. The van der Waals surface area contributed by atoms with Gasteiger partial charge in [-0.05, 0) is 69.5 Å². The molecule has 1 heterocycles. The second-order valence-corrected chi connectivity index (χ2v) is 6.24. The molecule has 0 radical (unpaired) electrons. The first-order valence-corrected chi connectivity index (χ1v) is 7.28. The van der Waals surface area contributed by atoms with Crippen LogP contribution in [0.2, 0.25) is 0 Å². The Labute approximate surface area is 99.8 Å². The van der Waals surface area contributed by atoms with Crippen LogP contribution in [0.25, 0.3) is 0 Å². The summed E-state index contributed by atoms with van der Waals surface area (Å²) in [7, 11) is 0. The minimum Gasteiger partial charge on any atom is -0.314 e. The van der Waals surface area contributed by atoms with Gasteiger partial charge in [-0.2, -0.15) is 0 Å². The van der Waals surface area contributed by atoms with Crippen LogP contribution < -0.4 is 5.32 Å². The smallest absolute Gasteiger partial charge is 0.00912 e. The van der Waals surface area contributed by atoms with Gasteiger partial charge < -0.3 is 10.2 Å². The van der Waals surface area contributed by atoms with Crippen LogP contribution in [0.15, 0.2) is 0 Å². The Morgan fingerprint density at radius 2 is 1.81 bits per heavy atom. The molecule has 2 aliphatic carbocycles. The van der Waals surface area contributed by atoms with E-state index in [2.05, 4.69) is 17.1 Å². The number of rotatable bonds is 5. The van der Waals surface area contributed by atoms with Gasteiger partial charge in [0.05, 0.1) is 0 Å². The van der Waals surface area contributed by atoms with Gasteiger partial charge in [0.15, 0.2) is 0 Å². The fraction of sp³-hybridized carbons (Fsp3) is 1.00. The van der Waals surface area contributed by atoms with Gasteiger partial charge in [0.1, 0.15) is 0 Å². The van der Waals surface area contributed by atoms with Crippen LogP contribution in [-0.2, 0) is 0 Å². The molecular weight excluding hydrogens is 196 g/mol. The summed E-state index contributed by atoms with van der Waals surface area (Å²) in [6.07, 6.45) is 8.88. The zero-order valence-corrected chi connectivity index (χ0v) is 10.7. The maximum atomic E-state index is 3.59. The van der Waals surface area contributed by atoms with Crippen molar-refractivity contribution in [2.24, 2.45) is 11.3 Å². The van der Waals surface area contributed by atoms with Crippen LogP contribution >= 0.6 is 0 Å². The fourth-order valence-corrected chi connectivity index (χ4v) is 3.58. The summed E-state index contributed by atoms with van der Waals surface area (Å²) in [6, 6.07) is 0.803. The highest BCUT2D eigenvalue weighted by atomic mass is 15.2. The van der Waals surface area contributed by atoms with E-state index in [0.29, 0.717) is 0 Å². The van der Waals surface area contributed by atoms with Crippen molar-refractivity contribution in [1.29, 1.82) is 0 Å². The van der Waals surface area contributed by atoms with E-state index >= 15 is 0 Å². The Hall–Kier alpha value is -0.0800. The molecule has 1 N–H and O–H groups in total. The highest BCUT2D eigenvalue weighted by Gasteiger charge is 2.54. The average Bonchev–Trinajstić information content (AvgIpc) is 3.15. The quantitative estimate of drug-likeness (QED) is 0.767. The summed E-state index contributed by atoms with van der Waals surface area (Å²) < 4.78 is 0. The topological polar surface area (TPSA) is 15.3 Å². The zero-order chi connectivity index (χ0) is 11.0. The maximum Gasteiger partial charge on any atom is 0.00912 e. The fourth-order valence-electron chi connectivity index (χ4n) is 3.58. The van der Waals surface area contributed by atoms with E-state index in [1.165, 1.54) is 58.2 Å². The van der Waals surface area contributed by atoms with Crippen molar-refractivity contribution in [2.45, 2.75) is 51.5 Å². The van der Waals surface area contributed by atoms with Crippen LogP contribution in [-0.4, -0.2) is 37.1 Å². The van der Waals surface area contributed by atoms with Crippen molar-refractivity contribution >= 4 is 0 Å². The Bertz CT molecular complexity index is 235. The van der Waals surface area contributed by atoms with Crippen LogP contribution in [0, 0.1) is 11.3 Å². The molecule has 0 aromatic heterocycles. The van der Waals surface area contributed by atoms with E-state index in [1.807, 2.05) is 0 Å². The predicted molar refractivity (Wildman–Crippen MR) is 67.5 cm³/mol. The van der Waals surface area contributed by atoms with Crippen molar-refractivity contribution < 1.29 is 0 Å². The first-order chi connectivity index (χ1) is 7.82. The third kappa shape index (κ3) is 2.28. The number of piperidine rings is 1. The molecule has 3 rings (SSSR count). The standard InChI is InChI=1S/C14H26N2/c1-2-15-13-5-9-16(10-6-13)11-14(7-8-14)12-3-4-12/h12-13,15H,2-11H2,1H3. The first kappa shape index (κ1) is 11.0. The number of hydrogen-bond acceptors (Lipinski definition) is 2. The van der Waals surface area contributed by atoms with Gasteiger partial charge in [-0.1, -0.05) is 6.92 Å². The molecule has 2 heteroatoms. The highest BCUT2D eigenvalue weighted by Crippen LogP contribution is 2.61. The molecule has 0 atom stereocenters. The Morgan fingerprint density at radius 1 is 1.12 bits per heavy atom. The molecule has 0 unspecified atom stereocenters. The minimum absolute atomic E-state index is 0.803. The number of nitrogens with one attached hydrogen (secondary N) is 1. The van der Waals surface area contributed by atoms with Crippen molar-refractivity contribution in [2.75, 3.05) is 26.2 Å². The van der Waals surface area contributed by atoms with Crippen LogP contribution in [0.3, 0.4) is 0 Å². The SMILES string of the molecule is CCNC1CCN(CC2(C3CC3)CC2)CC1. The summed E-state index contributed by atoms with van der Waals surface area (Å²) in [5.74, 6) is 1.12. The number of hydrogen-bond donors (Lipinski definition) is 1. The van der Waals surface area contributed by atoms with Gasteiger partial charge in [-0.3, -0.25) is 0 Å². The largest absolute Gasteiger partial charge is 0.314 e. The van der Waals surface area contributed by atoms with Gasteiger partial charge in [0.25, 0.3) is 0 Å². The molecule has 0 aromatic rings. The highest BCUT2D eigenvalue weighted by molar-refractivity contribution is 5.05. The van der Waals surface area contributed by atoms with Crippen molar-refractivity contribution in [3.05, 3.63) is 0 Å².